The second-order valence-corrected chi connectivity index (χ2v) is 8.54. The average Bonchev–Trinajstić information content (AvgIpc) is 3.51. The first-order valence-electron chi connectivity index (χ1n) is 11.5. The van der Waals surface area contributed by atoms with Gasteiger partial charge in [-0.15, -0.1) is 10.2 Å². The van der Waals surface area contributed by atoms with Crippen LogP contribution in [0.25, 0.3) is 0 Å². The Hall–Kier alpha value is -3.78. The van der Waals surface area contributed by atoms with Crippen LogP contribution in [-0.2, 0) is 25.3 Å². The van der Waals surface area contributed by atoms with Crippen molar-refractivity contribution in [1.29, 1.82) is 0 Å². The molecule has 0 atom stereocenters. The first kappa shape index (κ1) is 24.9. The second-order valence-electron chi connectivity index (χ2n) is 8.54. The van der Waals surface area contributed by atoms with E-state index in [9.17, 15) is 26.3 Å². The molecule has 0 unspecified atom stereocenters. The van der Waals surface area contributed by atoms with Gasteiger partial charge in [-0.25, -0.2) is 0 Å². The number of halogens is 6. The van der Waals surface area contributed by atoms with E-state index in [4.69, 9.17) is 4.74 Å². The summed E-state index contributed by atoms with van der Waals surface area (Å²) in [5.74, 6) is 0.247. The van der Waals surface area contributed by atoms with E-state index in [1.54, 1.807) is 12.1 Å². The Morgan fingerprint density at radius 3 is 2.16 bits per heavy atom. The summed E-state index contributed by atoms with van der Waals surface area (Å²) in [5.41, 5.74) is 0.0157. The molecule has 1 fully saturated rings. The highest BCUT2D eigenvalue weighted by Crippen LogP contribution is 2.30. The molecule has 0 spiro atoms. The zero-order chi connectivity index (χ0) is 26.2. The smallest absolute Gasteiger partial charge is 0.453 e. The molecule has 0 amide bonds. The Kier molecular flexibility index (Phi) is 6.45. The van der Waals surface area contributed by atoms with Crippen molar-refractivity contribution in [2.24, 2.45) is 5.10 Å². The van der Waals surface area contributed by atoms with Crippen LogP contribution in [0.4, 0.5) is 32.0 Å². The van der Waals surface area contributed by atoms with Gasteiger partial charge in [0.1, 0.15) is 18.2 Å². The summed E-state index contributed by atoms with van der Waals surface area (Å²) in [7, 11) is 0. The SMILES string of the molecule is FC(F)(F)c1ccn(CCOc2ccc(N3CCN(C4=Nn5c(nnc5C(F)(F)F)CC4)CC3)cc2)n1. The topological polar surface area (TPSA) is 76.6 Å². The first-order chi connectivity index (χ1) is 17.6. The highest BCUT2D eigenvalue weighted by molar-refractivity contribution is 5.83. The standard InChI is InChI=1S/C22H22F6N8O/c23-21(24,25)17-7-8-35(31-17)13-14-37-16-3-1-15(2-4-16)33-9-11-34(12-10-33)19-6-5-18-29-30-20(22(26,27)28)36(18)32-19/h1-4,7-8H,5-6,9-14H2. The van der Waals surface area contributed by atoms with Gasteiger partial charge in [0.05, 0.1) is 6.54 Å². The van der Waals surface area contributed by atoms with Crippen molar-refractivity contribution in [1.82, 2.24) is 29.6 Å². The van der Waals surface area contributed by atoms with Crippen molar-refractivity contribution in [2.75, 3.05) is 37.7 Å². The number of ether oxygens (including phenoxy) is 1. The molecule has 9 nitrogen and oxygen atoms in total. The van der Waals surface area contributed by atoms with Gasteiger partial charge in [-0.1, -0.05) is 0 Å². The van der Waals surface area contributed by atoms with Crippen LogP contribution in [0.15, 0.2) is 41.6 Å². The normalized spacial score (nSPS) is 16.5. The minimum absolute atomic E-state index is 0.156. The largest absolute Gasteiger partial charge is 0.492 e. The molecule has 37 heavy (non-hydrogen) atoms. The number of benzene rings is 1. The fourth-order valence-electron chi connectivity index (χ4n) is 4.23. The molecule has 1 saturated heterocycles. The summed E-state index contributed by atoms with van der Waals surface area (Å²) in [5, 5.41) is 14.5. The average molecular weight is 528 g/mol. The number of aryl methyl sites for hydroxylation is 1. The third kappa shape index (κ3) is 5.49. The van der Waals surface area contributed by atoms with Crippen LogP contribution in [0.1, 0.15) is 23.8 Å². The zero-order valence-electron chi connectivity index (χ0n) is 19.4. The van der Waals surface area contributed by atoms with Crippen molar-refractivity contribution in [3.05, 3.63) is 53.9 Å². The fraction of sp³-hybridized carbons (Fsp3) is 0.455. The molecule has 5 rings (SSSR count). The van der Waals surface area contributed by atoms with E-state index < -0.39 is 23.9 Å². The number of piperazine rings is 1. The van der Waals surface area contributed by atoms with Crippen molar-refractivity contribution in [3.8, 4) is 5.75 Å². The summed E-state index contributed by atoms with van der Waals surface area (Å²) in [6, 6.07) is 8.25. The monoisotopic (exact) mass is 528 g/mol. The van der Waals surface area contributed by atoms with Crippen molar-refractivity contribution in [3.63, 3.8) is 0 Å². The summed E-state index contributed by atoms with van der Waals surface area (Å²) in [6.07, 6.45) is -7.00. The molecular formula is C22H22F6N8O. The van der Waals surface area contributed by atoms with Gasteiger partial charge < -0.3 is 14.5 Å². The van der Waals surface area contributed by atoms with Crippen LogP contribution >= 0.6 is 0 Å². The number of nitrogens with zero attached hydrogens (tertiary/aromatic N) is 8. The first-order valence-corrected chi connectivity index (χ1v) is 11.5. The Labute approximate surface area is 206 Å². The highest BCUT2D eigenvalue weighted by Gasteiger charge is 2.40. The van der Waals surface area contributed by atoms with Crippen molar-refractivity contribution >= 4 is 11.5 Å². The third-order valence-electron chi connectivity index (χ3n) is 6.11. The molecule has 2 aliphatic heterocycles. The van der Waals surface area contributed by atoms with Gasteiger partial charge in [0.2, 0.25) is 0 Å². The molecule has 4 heterocycles. The number of hydrogen-bond acceptors (Lipinski definition) is 7. The zero-order valence-corrected chi connectivity index (χ0v) is 19.4. The van der Waals surface area contributed by atoms with E-state index in [0.717, 1.165) is 16.4 Å². The molecule has 2 aromatic heterocycles. The Balaban J connectivity index is 1.13. The summed E-state index contributed by atoms with van der Waals surface area (Å²) in [4.78, 5) is 4.13. The van der Waals surface area contributed by atoms with Gasteiger partial charge in [-0.05, 0) is 30.3 Å². The van der Waals surface area contributed by atoms with Crippen LogP contribution in [0.3, 0.4) is 0 Å². The fourth-order valence-corrected chi connectivity index (χ4v) is 4.23. The molecule has 0 saturated carbocycles. The van der Waals surface area contributed by atoms with E-state index >= 15 is 0 Å². The Morgan fingerprint density at radius 2 is 1.51 bits per heavy atom. The predicted molar refractivity (Wildman–Crippen MR) is 119 cm³/mol. The van der Waals surface area contributed by atoms with Crippen LogP contribution in [0, 0.1) is 0 Å². The van der Waals surface area contributed by atoms with Gasteiger partial charge in [-0.2, -0.15) is 41.2 Å². The van der Waals surface area contributed by atoms with E-state index in [0.29, 0.717) is 50.6 Å². The van der Waals surface area contributed by atoms with E-state index in [1.165, 1.54) is 10.9 Å². The van der Waals surface area contributed by atoms with Gasteiger partial charge >= 0.3 is 12.4 Å². The number of aromatic nitrogens is 5. The molecule has 2 aliphatic rings. The minimum atomic E-state index is -4.62. The number of anilines is 1. The molecule has 0 bridgehead atoms. The van der Waals surface area contributed by atoms with Gasteiger partial charge in [0.25, 0.3) is 5.82 Å². The quantitative estimate of drug-likeness (QED) is 0.472. The lowest BCUT2D eigenvalue weighted by molar-refractivity contribution is -0.147. The van der Waals surface area contributed by atoms with Crippen LogP contribution in [0.5, 0.6) is 5.75 Å². The number of hydrogen-bond donors (Lipinski definition) is 0. The maximum atomic E-state index is 13.2. The Bertz CT molecular complexity index is 1260. The van der Waals surface area contributed by atoms with E-state index in [1.807, 2.05) is 17.0 Å². The van der Waals surface area contributed by atoms with Crippen LogP contribution in [-0.4, -0.2) is 68.2 Å². The van der Waals surface area contributed by atoms with Gasteiger partial charge in [0.15, 0.2) is 11.5 Å². The van der Waals surface area contributed by atoms with Gasteiger partial charge in [0, 0.05) is 50.9 Å². The number of rotatable bonds is 5. The highest BCUT2D eigenvalue weighted by atomic mass is 19.4. The van der Waals surface area contributed by atoms with Crippen molar-refractivity contribution < 1.29 is 31.1 Å². The van der Waals surface area contributed by atoms with E-state index in [-0.39, 0.29) is 19.0 Å². The second kappa shape index (κ2) is 9.59. The predicted octanol–water partition coefficient (Wildman–Crippen LogP) is 3.52. The minimum Gasteiger partial charge on any atom is -0.492 e. The van der Waals surface area contributed by atoms with Crippen LogP contribution < -0.4 is 9.64 Å². The molecule has 0 N–H and O–H groups in total. The molecular weight excluding hydrogens is 506 g/mol. The molecule has 3 aromatic rings. The summed E-state index contributed by atoms with van der Waals surface area (Å²) in [6.45, 7) is 2.83. The molecule has 1 aromatic carbocycles. The lowest BCUT2D eigenvalue weighted by Crippen LogP contribution is -2.49. The number of alkyl halides is 6. The third-order valence-corrected chi connectivity index (χ3v) is 6.11. The van der Waals surface area contributed by atoms with Crippen molar-refractivity contribution in [2.45, 2.75) is 31.7 Å². The molecule has 0 aliphatic carbocycles. The maximum Gasteiger partial charge on any atom is 0.453 e. The lowest BCUT2D eigenvalue weighted by atomic mass is 10.2. The molecule has 0 radical (unpaired) electrons. The number of fused-ring (bicyclic) bond motifs is 1. The lowest BCUT2D eigenvalue weighted by Gasteiger charge is -2.38. The summed E-state index contributed by atoms with van der Waals surface area (Å²) < 4.78 is 85.0. The number of amidine groups is 1. The molecule has 198 valence electrons. The van der Waals surface area contributed by atoms with Crippen LogP contribution in [0.2, 0.25) is 0 Å². The van der Waals surface area contributed by atoms with E-state index in [2.05, 4.69) is 25.3 Å². The summed E-state index contributed by atoms with van der Waals surface area (Å²) >= 11 is 0. The Morgan fingerprint density at radius 1 is 0.811 bits per heavy atom. The van der Waals surface area contributed by atoms with Gasteiger partial charge in [-0.3, -0.25) is 4.68 Å². The maximum absolute atomic E-state index is 13.2. The molecule has 15 heteroatoms.